The van der Waals surface area contributed by atoms with Crippen molar-refractivity contribution in [3.63, 3.8) is 0 Å². The monoisotopic (exact) mass is 260 g/mol. The third-order valence-corrected chi connectivity index (χ3v) is 3.07. The Bertz CT molecular complexity index is 407. The van der Waals surface area contributed by atoms with Crippen LogP contribution in [-0.4, -0.2) is 19.5 Å². The van der Waals surface area contributed by atoms with E-state index in [0.29, 0.717) is 5.76 Å². The lowest BCUT2D eigenvalue weighted by Gasteiger charge is -2.07. The van der Waals surface area contributed by atoms with E-state index in [0.717, 1.165) is 24.4 Å². The number of hydrogen-bond donors (Lipinski definition) is 0. The molecule has 1 rings (SSSR count). The van der Waals surface area contributed by atoms with E-state index in [9.17, 15) is 0 Å². The summed E-state index contributed by atoms with van der Waals surface area (Å²) in [7, 11) is 1.61. The molecule has 0 saturated carbocycles. The Labute approximate surface area is 116 Å². The molecule has 0 unspecified atom stereocenters. The van der Waals surface area contributed by atoms with Gasteiger partial charge in [-0.05, 0) is 6.42 Å². The normalized spacial score (nSPS) is 16.2. The minimum absolute atomic E-state index is 0.670. The Kier molecular flexibility index (Phi) is 7.69. The first-order valence-electron chi connectivity index (χ1n) is 7.09. The molecule has 0 radical (unpaired) electrons. The van der Waals surface area contributed by atoms with Gasteiger partial charge < -0.3 is 4.74 Å². The number of rotatable bonds is 9. The molecule has 1 aliphatic rings. The number of carbonyl (C=O) groups excluding carboxylic acids is 1. The van der Waals surface area contributed by atoms with Gasteiger partial charge in [0, 0.05) is 6.42 Å². The summed E-state index contributed by atoms with van der Waals surface area (Å²) in [6.45, 7) is 8.54. The van der Waals surface area contributed by atoms with Gasteiger partial charge in [-0.1, -0.05) is 50.0 Å². The van der Waals surface area contributed by atoms with Crippen molar-refractivity contribution < 1.29 is 9.16 Å². The lowest BCUT2D eigenvalue weighted by molar-refractivity contribution is -0.456. The smallest absolute Gasteiger partial charge is 0.282 e. The second-order valence-corrected chi connectivity index (χ2v) is 4.60. The van der Waals surface area contributed by atoms with Gasteiger partial charge in [0.15, 0.2) is 0 Å². The zero-order valence-corrected chi connectivity index (χ0v) is 12.1. The number of hydrogen-bond acceptors (Lipinski definition) is 1. The maximum absolute atomic E-state index is 5.74. The molecular weight excluding hydrogens is 236 g/mol. The first kappa shape index (κ1) is 15.5. The van der Waals surface area contributed by atoms with E-state index in [1.807, 2.05) is 6.08 Å². The Morgan fingerprint density at radius 1 is 1.26 bits per heavy atom. The van der Waals surface area contributed by atoms with E-state index >= 15 is 0 Å². The van der Waals surface area contributed by atoms with Crippen molar-refractivity contribution in [2.45, 2.75) is 45.4 Å². The molecule has 0 aromatic heterocycles. The highest BCUT2D eigenvalue weighted by Gasteiger charge is 2.09. The molecular formula is C17H24O2. The summed E-state index contributed by atoms with van der Waals surface area (Å²) in [5.41, 5.74) is 3.86. The molecule has 0 saturated heterocycles. The van der Waals surface area contributed by atoms with Crippen LogP contribution in [0.25, 0.3) is 0 Å². The predicted molar refractivity (Wildman–Crippen MR) is 78.8 cm³/mol. The molecule has 0 aromatic rings. The second-order valence-electron chi connectivity index (χ2n) is 4.60. The van der Waals surface area contributed by atoms with Crippen LogP contribution < -0.4 is 0 Å². The summed E-state index contributed by atoms with van der Waals surface area (Å²) in [6.07, 6.45) is 12.7. The van der Waals surface area contributed by atoms with Crippen molar-refractivity contribution in [1.29, 1.82) is 0 Å². The largest absolute Gasteiger partial charge is 0.491 e. The molecule has 2 nitrogen and oxygen atoms in total. The second kappa shape index (κ2) is 9.41. The lowest BCUT2D eigenvalue weighted by Crippen LogP contribution is -2.06. The van der Waals surface area contributed by atoms with Gasteiger partial charge in [0.1, 0.15) is 5.76 Å². The van der Waals surface area contributed by atoms with Crippen LogP contribution in [0.5, 0.6) is 0 Å². The minimum Gasteiger partial charge on any atom is -0.491 e. The number of allylic oxidation sites excluding steroid dienone is 3. The Hall–Kier alpha value is -1.53. The highest BCUT2D eigenvalue weighted by atomic mass is 16.5. The zero-order chi connectivity index (χ0) is 13.9. The quantitative estimate of drug-likeness (QED) is 0.265. The summed E-state index contributed by atoms with van der Waals surface area (Å²) in [5.74, 6) is 1.44. The fraction of sp³-hybridized carbons (Fsp3) is 0.529. The van der Waals surface area contributed by atoms with Crippen LogP contribution in [0.1, 0.15) is 45.4 Å². The average Bonchev–Trinajstić information content (AvgIpc) is 2.46. The van der Waals surface area contributed by atoms with Gasteiger partial charge >= 0.3 is 0 Å². The fourth-order valence-electron chi connectivity index (χ4n) is 1.91. The van der Waals surface area contributed by atoms with Crippen LogP contribution in [0.4, 0.5) is 0 Å². The molecule has 0 N–H and O–H groups in total. The summed E-state index contributed by atoms with van der Waals surface area (Å²) in [4.78, 5) is 0. The number of unbranched alkanes of at least 4 members (excludes halogenated alkanes) is 5. The molecule has 1 aliphatic carbocycles. The van der Waals surface area contributed by atoms with Crippen LogP contribution >= 0.6 is 0 Å². The van der Waals surface area contributed by atoms with Crippen molar-refractivity contribution in [2.24, 2.45) is 0 Å². The molecule has 0 aromatic carbocycles. The van der Waals surface area contributed by atoms with E-state index in [4.69, 9.17) is 15.7 Å². The first-order valence-corrected chi connectivity index (χ1v) is 7.09. The molecule has 2 heteroatoms. The molecule has 104 valence electrons. The van der Waals surface area contributed by atoms with Gasteiger partial charge in [-0.15, -0.1) is 0 Å². The molecule has 0 amide bonds. The van der Waals surface area contributed by atoms with E-state index in [1.165, 1.54) is 38.2 Å². The van der Waals surface area contributed by atoms with Crippen LogP contribution in [0.2, 0.25) is 0 Å². The van der Waals surface area contributed by atoms with E-state index in [1.54, 1.807) is 13.2 Å². The van der Waals surface area contributed by atoms with Crippen molar-refractivity contribution in [3.05, 3.63) is 41.9 Å². The summed E-state index contributed by atoms with van der Waals surface area (Å²) < 4.78 is 10.8. The van der Waals surface area contributed by atoms with Crippen molar-refractivity contribution in [3.8, 4) is 0 Å². The highest BCUT2D eigenvalue weighted by Crippen LogP contribution is 2.11. The van der Waals surface area contributed by atoms with Crippen LogP contribution in [0.3, 0.4) is 0 Å². The van der Waals surface area contributed by atoms with Gasteiger partial charge in [-0.3, -0.25) is 11.0 Å². The zero-order valence-electron chi connectivity index (χ0n) is 12.1. The molecule has 0 bridgehead atoms. The average molecular weight is 260 g/mol. The van der Waals surface area contributed by atoms with Crippen molar-refractivity contribution in [1.82, 2.24) is 0 Å². The molecule has 0 heterocycles. The van der Waals surface area contributed by atoms with E-state index in [2.05, 4.69) is 12.7 Å². The van der Waals surface area contributed by atoms with Gasteiger partial charge in [-0.25, -0.2) is 6.08 Å². The molecule has 19 heavy (non-hydrogen) atoms. The Balaban J connectivity index is 2.39. The summed E-state index contributed by atoms with van der Waals surface area (Å²) >= 11 is 0. The lowest BCUT2D eigenvalue weighted by atomic mass is 10.1. The summed E-state index contributed by atoms with van der Waals surface area (Å²) in [5, 5.41) is 0. The molecule has 0 spiro atoms. The van der Waals surface area contributed by atoms with Gasteiger partial charge in [-0.2, -0.15) is 0 Å². The standard InChI is InChI=1S/C17H24O2/c1-4-6-7-8-9-10-13-19-17-12-11-16(18-3)14-15(17)5-2/h2,5,12,14H,4,6-10,13H2,1,3H3. The van der Waals surface area contributed by atoms with Crippen LogP contribution in [-0.2, 0) is 9.16 Å². The molecule has 0 fully saturated rings. The van der Waals surface area contributed by atoms with E-state index < -0.39 is 0 Å². The molecule has 0 aliphatic heterocycles. The SMILES string of the molecule is [CH-]=CC1=CC(OC)=C=CC1=[O+]CCCCCCCC. The topological polar surface area (TPSA) is 20.5 Å². The Morgan fingerprint density at radius 3 is 2.68 bits per heavy atom. The number of methoxy groups -OCH3 is 1. The predicted octanol–water partition coefficient (Wildman–Crippen LogP) is 4.07. The minimum atomic E-state index is 0.670. The van der Waals surface area contributed by atoms with E-state index in [-0.39, 0.29) is 0 Å². The summed E-state index contributed by atoms with van der Waals surface area (Å²) in [6, 6.07) is 0. The van der Waals surface area contributed by atoms with Gasteiger partial charge in [0.05, 0.1) is 13.2 Å². The van der Waals surface area contributed by atoms with Gasteiger partial charge in [0.2, 0.25) is 0 Å². The van der Waals surface area contributed by atoms with Crippen LogP contribution in [0, 0.1) is 6.58 Å². The number of ketones is 1. The third-order valence-electron chi connectivity index (χ3n) is 3.07. The maximum Gasteiger partial charge on any atom is 0.282 e. The maximum atomic E-state index is 5.74. The van der Waals surface area contributed by atoms with Gasteiger partial charge in [0.25, 0.3) is 12.4 Å². The van der Waals surface area contributed by atoms with Crippen molar-refractivity contribution in [2.75, 3.05) is 13.7 Å². The first-order chi connectivity index (χ1) is 9.31. The molecule has 0 atom stereocenters. The van der Waals surface area contributed by atoms with Crippen LogP contribution in [0.15, 0.2) is 35.3 Å². The third kappa shape index (κ3) is 5.76. The number of ether oxygens (including phenoxy) is 1. The Morgan fingerprint density at radius 2 is 2.00 bits per heavy atom. The fourth-order valence-corrected chi connectivity index (χ4v) is 1.91. The van der Waals surface area contributed by atoms with Crippen molar-refractivity contribution >= 4 is 5.78 Å². The highest BCUT2D eigenvalue weighted by molar-refractivity contribution is 6.07.